The number of benzene rings is 2. The summed E-state index contributed by atoms with van der Waals surface area (Å²) in [5, 5.41) is 9.08. The molecule has 0 unspecified atom stereocenters. The van der Waals surface area contributed by atoms with E-state index in [0.29, 0.717) is 0 Å². The molecule has 0 aromatic heterocycles. The largest absolute Gasteiger partial charge is 0.395 e. The molecular weight excluding hydrogens is 467 g/mol. The van der Waals surface area contributed by atoms with E-state index in [2.05, 4.69) is 80.9 Å². The van der Waals surface area contributed by atoms with Crippen molar-refractivity contribution >= 4 is 39.9 Å². The van der Waals surface area contributed by atoms with E-state index in [1.54, 1.807) is 0 Å². The number of nitrogens with zero attached hydrogens (tertiary/aromatic N) is 2. The molecule has 0 atom stereocenters. The van der Waals surface area contributed by atoms with E-state index in [1.165, 1.54) is 30.1 Å². The lowest BCUT2D eigenvalue weighted by Gasteiger charge is -2.34. The first-order chi connectivity index (χ1) is 13.2. The van der Waals surface area contributed by atoms with Gasteiger partial charge in [0.05, 0.1) is 6.61 Å². The minimum absolute atomic E-state index is 0.266. The summed E-state index contributed by atoms with van der Waals surface area (Å²) in [7, 11) is 0. The average molecular weight is 492 g/mol. The van der Waals surface area contributed by atoms with Crippen LogP contribution in [0, 0.1) is 3.57 Å². The molecule has 2 heterocycles. The predicted octanol–water partition coefficient (Wildman–Crippen LogP) is 4.19. The zero-order valence-corrected chi connectivity index (χ0v) is 18.4. The smallest absolute Gasteiger partial charge is 0.0558 e. The molecular formula is C22H25IN2OS. The van der Waals surface area contributed by atoms with E-state index in [4.69, 9.17) is 5.11 Å². The number of rotatable bonds is 5. The quantitative estimate of drug-likeness (QED) is 0.541. The molecule has 0 radical (unpaired) electrons. The molecule has 2 aromatic rings. The molecule has 1 N–H and O–H groups in total. The van der Waals surface area contributed by atoms with E-state index in [9.17, 15) is 0 Å². The maximum absolute atomic E-state index is 9.08. The highest BCUT2D eigenvalue weighted by Gasteiger charge is 2.21. The normalized spacial score (nSPS) is 19.1. The number of hydrogen-bond donors (Lipinski definition) is 1. The lowest BCUT2D eigenvalue weighted by Crippen LogP contribution is -2.47. The van der Waals surface area contributed by atoms with Gasteiger partial charge in [-0.2, -0.15) is 0 Å². The molecule has 4 rings (SSSR count). The first-order valence-corrected chi connectivity index (χ1v) is 11.5. The van der Waals surface area contributed by atoms with Gasteiger partial charge in [-0.05, 0) is 70.0 Å². The molecule has 0 aliphatic carbocycles. The monoisotopic (exact) mass is 492 g/mol. The van der Waals surface area contributed by atoms with E-state index >= 15 is 0 Å². The second kappa shape index (κ2) is 9.09. The van der Waals surface area contributed by atoms with Crippen LogP contribution in [0.5, 0.6) is 0 Å². The molecule has 5 heteroatoms. The van der Waals surface area contributed by atoms with Gasteiger partial charge >= 0.3 is 0 Å². The van der Waals surface area contributed by atoms with Crippen molar-refractivity contribution in [3.63, 3.8) is 0 Å². The molecule has 3 nitrogen and oxygen atoms in total. The van der Waals surface area contributed by atoms with Crippen molar-refractivity contribution in [1.82, 2.24) is 9.80 Å². The third kappa shape index (κ3) is 4.59. The molecule has 0 amide bonds. The van der Waals surface area contributed by atoms with Crippen LogP contribution in [0.3, 0.4) is 0 Å². The fourth-order valence-corrected chi connectivity index (χ4v) is 5.41. The van der Waals surface area contributed by atoms with Crippen LogP contribution in [-0.4, -0.2) is 60.8 Å². The van der Waals surface area contributed by atoms with Crippen LogP contribution in [0.1, 0.15) is 17.5 Å². The number of aliphatic hydroxyl groups excluding tert-OH is 1. The summed E-state index contributed by atoms with van der Waals surface area (Å²) >= 11 is 4.29. The fourth-order valence-electron chi connectivity index (χ4n) is 3.83. The lowest BCUT2D eigenvalue weighted by atomic mass is 9.96. The summed E-state index contributed by atoms with van der Waals surface area (Å²) in [5.74, 6) is 0. The molecule has 142 valence electrons. The molecule has 1 fully saturated rings. The topological polar surface area (TPSA) is 26.7 Å². The van der Waals surface area contributed by atoms with Crippen LogP contribution >= 0.6 is 34.4 Å². The molecule has 0 saturated carbocycles. The maximum Gasteiger partial charge on any atom is 0.0558 e. The average Bonchev–Trinajstić information content (AvgIpc) is 2.69. The van der Waals surface area contributed by atoms with Gasteiger partial charge in [-0.1, -0.05) is 36.0 Å². The summed E-state index contributed by atoms with van der Waals surface area (Å²) in [5.41, 5.74) is 4.12. The van der Waals surface area contributed by atoms with Gasteiger partial charge in [0.2, 0.25) is 0 Å². The van der Waals surface area contributed by atoms with Gasteiger partial charge < -0.3 is 10.0 Å². The Balaban J connectivity index is 1.49. The van der Waals surface area contributed by atoms with Gasteiger partial charge in [0.15, 0.2) is 0 Å². The number of hydrogen-bond acceptors (Lipinski definition) is 4. The Morgan fingerprint density at radius 3 is 2.41 bits per heavy atom. The Hall–Kier alpha value is -0.860. The van der Waals surface area contributed by atoms with Gasteiger partial charge in [-0.3, -0.25) is 4.90 Å². The van der Waals surface area contributed by atoms with Crippen LogP contribution in [0.2, 0.25) is 0 Å². The zero-order chi connectivity index (χ0) is 18.6. The summed E-state index contributed by atoms with van der Waals surface area (Å²) in [6, 6.07) is 15.5. The van der Waals surface area contributed by atoms with Crippen LogP contribution in [0.15, 0.2) is 58.3 Å². The van der Waals surface area contributed by atoms with Gasteiger partial charge in [0.25, 0.3) is 0 Å². The minimum Gasteiger partial charge on any atom is -0.395 e. The van der Waals surface area contributed by atoms with Crippen molar-refractivity contribution in [3.05, 3.63) is 63.2 Å². The molecule has 2 aliphatic heterocycles. The van der Waals surface area contributed by atoms with E-state index in [1.807, 2.05) is 11.8 Å². The number of fused-ring (bicyclic) bond motifs is 2. The molecule has 0 bridgehead atoms. The SMILES string of the molecule is OCCN1CCN(CC/C=C2\c3ccccc3Sc3ccc(I)cc32)CC1. The molecule has 1 saturated heterocycles. The highest BCUT2D eigenvalue weighted by Crippen LogP contribution is 2.45. The van der Waals surface area contributed by atoms with Crippen molar-refractivity contribution in [1.29, 1.82) is 0 Å². The van der Waals surface area contributed by atoms with Crippen LogP contribution in [0.25, 0.3) is 5.57 Å². The maximum atomic E-state index is 9.08. The van der Waals surface area contributed by atoms with Crippen LogP contribution in [0.4, 0.5) is 0 Å². The highest BCUT2D eigenvalue weighted by atomic mass is 127. The second-order valence-electron chi connectivity index (χ2n) is 7.05. The van der Waals surface area contributed by atoms with E-state index in [-0.39, 0.29) is 6.61 Å². The number of β-amino-alcohol motifs (C(OH)–C–C–N with tert-alkyl or cyclic N) is 1. The van der Waals surface area contributed by atoms with Gasteiger partial charge in [0, 0.05) is 52.6 Å². The second-order valence-corrected chi connectivity index (χ2v) is 9.38. The molecule has 2 aliphatic rings. The Bertz CT molecular complexity index is 831. The van der Waals surface area contributed by atoms with Crippen molar-refractivity contribution in [2.24, 2.45) is 0 Å². The van der Waals surface area contributed by atoms with Crippen molar-refractivity contribution in [2.45, 2.75) is 16.2 Å². The Morgan fingerprint density at radius 1 is 0.926 bits per heavy atom. The van der Waals surface area contributed by atoms with Crippen molar-refractivity contribution in [2.75, 3.05) is 45.9 Å². The van der Waals surface area contributed by atoms with E-state index in [0.717, 1.165) is 45.7 Å². The third-order valence-corrected chi connectivity index (χ3v) is 7.13. The van der Waals surface area contributed by atoms with Crippen LogP contribution < -0.4 is 0 Å². The first kappa shape index (κ1) is 19.5. The molecule has 27 heavy (non-hydrogen) atoms. The standard InChI is InChI=1S/C22H25IN2OS/c23-17-7-8-22-20(16-17)18(19-4-1-2-6-21(19)27-22)5-3-9-24-10-12-25(13-11-24)14-15-26/h1-2,4-8,16,26H,3,9-15H2/b18-5+. The summed E-state index contributed by atoms with van der Waals surface area (Å²) in [4.78, 5) is 7.61. The molecule has 0 spiro atoms. The van der Waals surface area contributed by atoms with E-state index < -0.39 is 0 Å². The summed E-state index contributed by atoms with van der Waals surface area (Å²) in [6.45, 7) is 6.51. The predicted molar refractivity (Wildman–Crippen MR) is 121 cm³/mol. The van der Waals surface area contributed by atoms with Gasteiger partial charge in [-0.15, -0.1) is 0 Å². The Labute approximate surface area is 179 Å². The van der Waals surface area contributed by atoms with Gasteiger partial charge in [0.1, 0.15) is 0 Å². The number of halogens is 1. The van der Waals surface area contributed by atoms with Crippen molar-refractivity contribution < 1.29 is 5.11 Å². The number of piperazine rings is 1. The zero-order valence-electron chi connectivity index (χ0n) is 15.4. The number of aliphatic hydroxyl groups is 1. The van der Waals surface area contributed by atoms with Crippen LogP contribution in [-0.2, 0) is 0 Å². The fraction of sp³-hybridized carbons (Fsp3) is 0.364. The molecule has 2 aromatic carbocycles. The van der Waals surface area contributed by atoms with Gasteiger partial charge in [-0.25, -0.2) is 0 Å². The summed E-state index contributed by atoms with van der Waals surface area (Å²) < 4.78 is 1.29. The Kier molecular flexibility index (Phi) is 6.55. The van der Waals surface area contributed by atoms with Crippen molar-refractivity contribution in [3.8, 4) is 0 Å². The Morgan fingerprint density at radius 2 is 1.63 bits per heavy atom. The highest BCUT2D eigenvalue weighted by molar-refractivity contribution is 14.1. The summed E-state index contributed by atoms with van der Waals surface area (Å²) in [6.07, 6.45) is 3.51. The third-order valence-electron chi connectivity index (χ3n) is 5.30. The lowest BCUT2D eigenvalue weighted by molar-refractivity contribution is 0.114. The first-order valence-electron chi connectivity index (χ1n) is 9.57. The minimum atomic E-state index is 0.266.